The van der Waals surface area contributed by atoms with Crippen LogP contribution in [0.1, 0.15) is 12.8 Å². The maximum atomic E-state index is 4.53. The van der Waals surface area contributed by atoms with Gasteiger partial charge >= 0.3 is 0 Å². The normalized spacial score (nSPS) is 20.4. The summed E-state index contributed by atoms with van der Waals surface area (Å²) in [4.78, 5) is 0. The Kier molecular flexibility index (Phi) is 4.17. The second-order valence-electron chi connectivity index (χ2n) is 3.47. The molecule has 0 radical (unpaired) electrons. The van der Waals surface area contributed by atoms with Gasteiger partial charge in [-0.1, -0.05) is 18.2 Å². The molecule has 0 saturated carbocycles. The average molecular weight is 190 g/mol. The molecule has 2 heteroatoms. The van der Waals surface area contributed by atoms with Crippen LogP contribution in [-0.2, 0) is 0 Å². The standard InChI is InChI=1S/C12H18N2/c1-4-7-11-10-14(9-6-3)13-12(11)8-5-2/h4-6,11H,1-3,7-10H2. The van der Waals surface area contributed by atoms with Gasteiger partial charge in [0.05, 0.1) is 6.54 Å². The number of nitrogens with zero attached hydrogens (tertiary/aromatic N) is 2. The van der Waals surface area contributed by atoms with Gasteiger partial charge in [0.15, 0.2) is 0 Å². The highest BCUT2D eigenvalue weighted by Gasteiger charge is 2.23. The van der Waals surface area contributed by atoms with E-state index >= 15 is 0 Å². The van der Waals surface area contributed by atoms with Crippen molar-refractivity contribution in [2.45, 2.75) is 12.8 Å². The van der Waals surface area contributed by atoms with Crippen LogP contribution >= 0.6 is 0 Å². The Bertz CT molecular complexity index is 253. The van der Waals surface area contributed by atoms with E-state index in [1.54, 1.807) is 0 Å². The summed E-state index contributed by atoms with van der Waals surface area (Å²) in [5.74, 6) is 0.519. The van der Waals surface area contributed by atoms with Crippen LogP contribution in [0.4, 0.5) is 0 Å². The molecule has 0 bridgehead atoms. The Balaban J connectivity index is 2.61. The van der Waals surface area contributed by atoms with Crippen LogP contribution in [0, 0.1) is 5.92 Å². The average Bonchev–Trinajstić information content (AvgIpc) is 2.50. The first kappa shape index (κ1) is 10.8. The molecular weight excluding hydrogens is 172 g/mol. The number of allylic oxidation sites excluding steroid dienone is 2. The molecule has 0 spiro atoms. The Morgan fingerprint density at radius 3 is 2.64 bits per heavy atom. The van der Waals surface area contributed by atoms with Crippen LogP contribution in [0.3, 0.4) is 0 Å². The van der Waals surface area contributed by atoms with Crippen molar-refractivity contribution in [2.75, 3.05) is 13.1 Å². The first-order chi connectivity index (χ1) is 6.81. The van der Waals surface area contributed by atoms with Gasteiger partial charge in [-0.15, -0.1) is 19.7 Å². The van der Waals surface area contributed by atoms with Gasteiger partial charge in [0, 0.05) is 24.6 Å². The van der Waals surface area contributed by atoms with Gasteiger partial charge in [0.1, 0.15) is 0 Å². The van der Waals surface area contributed by atoms with Crippen LogP contribution in [-0.4, -0.2) is 23.8 Å². The SMILES string of the molecule is C=CCC1=NN(CC=C)CC1CC=C. The van der Waals surface area contributed by atoms with E-state index < -0.39 is 0 Å². The lowest BCUT2D eigenvalue weighted by atomic mass is 9.98. The van der Waals surface area contributed by atoms with Crippen molar-refractivity contribution in [1.82, 2.24) is 5.01 Å². The highest BCUT2D eigenvalue weighted by molar-refractivity contribution is 5.89. The first-order valence-electron chi connectivity index (χ1n) is 4.96. The van der Waals surface area contributed by atoms with Crippen molar-refractivity contribution in [1.29, 1.82) is 0 Å². The monoisotopic (exact) mass is 190 g/mol. The van der Waals surface area contributed by atoms with E-state index in [4.69, 9.17) is 0 Å². The summed E-state index contributed by atoms with van der Waals surface area (Å²) >= 11 is 0. The van der Waals surface area contributed by atoms with Gasteiger partial charge in [0.25, 0.3) is 0 Å². The summed E-state index contributed by atoms with van der Waals surface area (Å²) in [5, 5.41) is 6.58. The quantitative estimate of drug-likeness (QED) is 0.588. The van der Waals surface area contributed by atoms with Gasteiger partial charge in [-0.25, -0.2) is 0 Å². The van der Waals surface area contributed by atoms with Crippen molar-refractivity contribution >= 4 is 5.71 Å². The van der Waals surface area contributed by atoms with E-state index in [1.807, 2.05) is 18.2 Å². The minimum absolute atomic E-state index is 0.519. The molecule has 0 saturated heterocycles. The Morgan fingerprint density at radius 2 is 2.07 bits per heavy atom. The van der Waals surface area contributed by atoms with E-state index in [0.717, 1.165) is 25.9 Å². The Hall–Kier alpha value is -1.31. The maximum absolute atomic E-state index is 4.53. The van der Waals surface area contributed by atoms with Crippen molar-refractivity contribution in [3.05, 3.63) is 38.0 Å². The molecule has 1 unspecified atom stereocenters. The first-order valence-corrected chi connectivity index (χ1v) is 4.96. The minimum atomic E-state index is 0.519. The molecule has 1 aliphatic rings. The van der Waals surface area contributed by atoms with Gasteiger partial charge in [-0.2, -0.15) is 5.10 Å². The van der Waals surface area contributed by atoms with Gasteiger partial charge in [-0.3, -0.25) is 5.01 Å². The lowest BCUT2D eigenvalue weighted by Crippen LogP contribution is -2.19. The van der Waals surface area contributed by atoms with Crippen molar-refractivity contribution in [3.63, 3.8) is 0 Å². The summed E-state index contributed by atoms with van der Waals surface area (Å²) in [5.41, 5.74) is 1.22. The highest BCUT2D eigenvalue weighted by Crippen LogP contribution is 2.19. The number of hydrogen-bond acceptors (Lipinski definition) is 2. The smallest absolute Gasteiger partial charge is 0.0538 e. The second-order valence-corrected chi connectivity index (χ2v) is 3.47. The topological polar surface area (TPSA) is 15.6 Å². The number of rotatable bonds is 6. The molecule has 1 rings (SSSR count). The largest absolute Gasteiger partial charge is 0.293 e. The third-order valence-corrected chi connectivity index (χ3v) is 2.32. The van der Waals surface area contributed by atoms with E-state index in [-0.39, 0.29) is 0 Å². The zero-order valence-corrected chi connectivity index (χ0v) is 8.65. The van der Waals surface area contributed by atoms with E-state index in [0.29, 0.717) is 5.92 Å². The van der Waals surface area contributed by atoms with Gasteiger partial charge < -0.3 is 0 Å². The second kappa shape index (κ2) is 5.43. The molecule has 14 heavy (non-hydrogen) atoms. The summed E-state index contributed by atoms with van der Waals surface area (Å²) in [6.07, 6.45) is 7.63. The predicted molar refractivity (Wildman–Crippen MR) is 62.3 cm³/mol. The molecule has 0 aromatic carbocycles. The summed E-state index contributed by atoms with van der Waals surface area (Å²) in [7, 11) is 0. The van der Waals surface area contributed by atoms with Crippen LogP contribution in [0.15, 0.2) is 43.1 Å². The van der Waals surface area contributed by atoms with Crippen molar-refractivity contribution < 1.29 is 0 Å². The number of hydrazone groups is 1. The summed E-state index contributed by atoms with van der Waals surface area (Å²) in [6.45, 7) is 13.0. The van der Waals surface area contributed by atoms with Crippen LogP contribution in [0.5, 0.6) is 0 Å². The van der Waals surface area contributed by atoms with Crippen molar-refractivity contribution in [3.8, 4) is 0 Å². The molecule has 0 aromatic rings. The molecule has 1 heterocycles. The van der Waals surface area contributed by atoms with E-state index in [2.05, 4.69) is 29.8 Å². The molecule has 0 aliphatic carbocycles. The summed E-state index contributed by atoms with van der Waals surface area (Å²) < 4.78 is 0. The lowest BCUT2D eigenvalue weighted by molar-refractivity contribution is 0.327. The Labute approximate surface area is 86.3 Å². The molecule has 0 aromatic heterocycles. The van der Waals surface area contributed by atoms with Crippen LogP contribution in [0.2, 0.25) is 0 Å². The fourth-order valence-corrected chi connectivity index (χ4v) is 1.70. The zero-order chi connectivity index (χ0) is 10.4. The molecule has 2 nitrogen and oxygen atoms in total. The molecular formula is C12H18N2. The third kappa shape index (κ3) is 2.59. The van der Waals surface area contributed by atoms with E-state index in [1.165, 1.54) is 5.71 Å². The third-order valence-electron chi connectivity index (χ3n) is 2.32. The van der Waals surface area contributed by atoms with Crippen LogP contribution < -0.4 is 0 Å². The number of hydrogen-bond donors (Lipinski definition) is 0. The minimum Gasteiger partial charge on any atom is -0.293 e. The molecule has 0 fully saturated rings. The Morgan fingerprint density at radius 1 is 1.29 bits per heavy atom. The lowest BCUT2D eigenvalue weighted by Gasteiger charge is -2.12. The molecule has 1 atom stereocenters. The van der Waals surface area contributed by atoms with Gasteiger partial charge in [0.2, 0.25) is 0 Å². The molecule has 0 N–H and O–H groups in total. The van der Waals surface area contributed by atoms with E-state index in [9.17, 15) is 0 Å². The van der Waals surface area contributed by atoms with Crippen molar-refractivity contribution in [2.24, 2.45) is 11.0 Å². The molecule has 76 valence electrons. The fourth-order valence-electron chi connectivity index (χ4n) is 1.70. The fraction of sp³-hybridized carbons (Fsp3) is 0.417. The molecule has 0 amide bonds. The highest BCUT2D eigenvalue weighted by atomic mass is 15.5. The molecule has 1 aliphatic heterocycles. The predicted octanol–water partition coefficient (Wildman–Crippen LogP) is 2.61. The zero-order valence-electron chi connectivity index (χ0n) is 8.65. The maximum Gasteiger partial charge on any atom is 0.0538 e. The van der Waals surface area contributed by atoms with Crippen LogP contribution in [0.25, 0.3) is 0 Å². The summed E-state index contributed by atoms with van der Waals surface area (Å²) in [6, 6.07) is 0. The van der Waals surface area contributed by atoms with Gasteiger partial charge in [-0.05, 0) is 6.42 Å².